The summed E-state index contributed by atoms with van der Waals surface area (Å²) in [6.07, 6.45) is 1.01. The lowest BCUT2D eigenvalue weighted by molar-refractivity contribution is -0.121. The lowest BCUT2D eigenvalue weighted by Gasteiger charge is -2.15. The molecule has 7 heteroatoms. The average molecular weight is 395 g/mol. The van der Waals surface area contributed by atoms with Crippen molar-refractivity contribution in [2.75, 3.05) is 6.54 Å². The minimum atomic E-state index is -3.74. The number of hydrogen-bond donors (Lipinski definition) is 2. The summed E-state index contributed by atoms with van der Waals surface area (Å²) in [7, 11) is -3.74. The number of rotatable bonds is 8. The molecule has 2 aromatic rings. The molecule has 2 N–H and O–H groups in total. The molecule has 0 aliphatic heterocycles. The monoisotopic (exact) mass is 394 g/mol. The highest BCUT2D eigenvalue weighted by Crippen LogP contribution is 2.20. The van der Waals surface area contributed by atoms with Crippen molar-refractivity contribution in [1.82, 2.24) is 10.0 Å². The van der Waals surface area contributed by atoms with E-state index in [0.717, 1.165) is 12.0 Å². The van der Waals surface area contributed by atoms with Gasteiger partial charge in [-0.3, -0.25) is 4.79 Å². The van der Waals surface area contributed by atoms with Gasteiger partial charge in [0, 0.05) is 13.0 Å². The molecule has 0 aromatic heterocycles. The summed E-state index contributed by atoms with van der Waals surface area (Å²) < 4.78 is 26.8. The Kier molecular flexibility index (Phi) is 7.20. The van der Waals surface area contributed by atoms with E-state index < -0.39 is 10.0 Å². The van der Waals surface area contributed by atoms with Crippen LogP contribution in [-0.4, -0.2) is 20.9 Å². The summed E-state index contributed by atoms with van der Waals surface area (Å²) in [6.45, 7) is 3.98. The van der Waals surface area contributed by atoms with Gasteiger partial charge >= 0.3 is 0 Å². The maximum atomic E-state index is 12.2. The molecule has 0 saturated heterocycles. The molecule has 140 valence electrons. The lowest BCUT2D eigenvalue weighted by atomic mass is 10.0. The van der Waals surface area contributed by atoms with E-state index in [2.05, 4.69) is 17.0 Å². The molecule has 0 bridgehead atoms. The second kappa shape index (κ2) is 9.16. The molecule has 26 heavy (non-hydrogen) atoms. The van der Waals surface area contributed by atoms with Gasteiger partial charge in [-0.05, 0) is 36.6 Å². The first-order valence-electron chi connectivity index (χ1n) is 8.46. The first kappa shape index (κ1) is 20.4. The van der Waals surface area contributed by atoms with Crippen molar-refractivity contribution in [2.24, 2.45) is 0 Å². The fourth-order valence-electron chi connectivity index (χ4n) is 2.48. The number of benzene rings is 2. The van der Waals surface area contributed by atoms with Gasteiger partial charge in [0.2, 0.25) is 15.9 Å². The van der Waals surface area contributed by atoms with Gasteiger partial charge in [-0.1, -0.05) is 54.9 Å². The fourth-order valence-corrected chi connectivity index (χ4v) is 4.03. The third kappa shape index (κ3) is 5.56. The minimum Gasteiger partial charge on any atom is -0.350 e. The molecule has 1 unspecified atom stereocenters. The predicted molar refractivity (Wildman–Crippen MR) is 104 cm³/mol. The molecule has 0 aliphatic carbocycles. The average Bonchev–Trinajstić information content (AvgIpc) is 2.61. The van der Waals surface area contributed by atoms with E-state index in [4.69, 9.17) is 11.6 Å². The van der Waals surface area contributed by atoms with Gasteiger partial charge in [-0.25, -0.2) is 13.1 Å². The number of carbonyl (C=O) groups is 1. The molecule has 0 spiro atoms. The molecule has 1 atom stereocenters. The molecule has 2 aromatic carbocycles. The highest BCUT2D eigenvalue weighted by Gasteiger charge is 2.17. The Morgan fingerprint density at radius 2 is 1.77 bits per heavy atom. The molecule has 2 rings (SSSR count). The number of aryl methyl sites for hydroxylation is 1. The SMILES string of the molecule is CCc1ccc(C(C)NC(=O)CCNS(=O)(=O)c2ccccc2Cl)cc1. The standard InChI is InChI=1S/C19H23ClN2O3S/c1-3-15-8-10-16(11-9-15)14(2)22-19(23)12-13-21-26(24,25)18-7-5-4-6-17(18)20/h4-11,14,21H,3,12-13H2,1-2H3,(H,22,23). The number of nitrogens with one attached hydrogen (secondary N) is 2. The van der Waals surface area contributed by atoms with E-state index in [0.29, 0.717) is 0 Å². The Labute approximate surface area is 159 Å². The normalized spacial score (nSPS) is 12.6. The van der Waals surface area contributed by atoms with Crippen molar-refractivity contribution in [2.45, 2.75) is 37.6 Å². The molecule has 0 fully saturated rings. The van der Waals surface area contributed by atoms with E-state index in [1.54, 1.807) is 12.1 Å². The summed E-state index contributed by atoms with van der Waals surface area (Å²) >= 11 is 5.91. The zero-order valence-electron chi connectivity index (χ0n) is 14.8. The first-order valence-corrected chi connectivity index (χ1v) is 10.3. The second-order valence-corrected chi connectivity index (χ2v) is 8.11. The van der Waals surface area contributed by atoms with E-state index >= 15 is 0 Å². The van der Waals surface area contributed by atoms with Gasteiger partial charge in [0.1, 0.15) is 4.90 Å². The zero-order valence-corrected chi connectivity index (χ0v) is 16.4. The van der Waals surface area contributed by atoms with Gasteiger partial charge in [0.15, 0.2) is 0 Å². The van der Waals surface area contributed by atoms with Gasteiger partial charge < -0.3 is 5.32 Å². The highest BCUT2D eigenvalue weighted by molar-refractivity contribution is 7.89. The van der Waals surface area contributed by atoms with Crippen LogP contribution in [0.15, 0.2) is 53.4 Å². The van der Waals surface area contributed by atoms with Crippen LogP contribution in [-0.2, 0) is 21.2 Å². The Hall–Kier alpha value is -1.89. The Balaban J connectivity index is 1.85. The van der Waals surface area contributed by atoms with E-state index in [1.807, 2.05) is 31.2 Å². The van der Waals surface area contributed by atoms with Crippen molar-refractivity contribution in [3.05, 3.63) is 64.7 Å². The number of sulfonamides is 1. The van der Waals surface area contributed by atoms with Gasteiger partial charge in [-0.2, -0.15) is 0 Å². The number of hydrogen-bond acceptors (Lipinski definition) is 3. The Morgan fingerprint density at radius 1 is 1.12 bits per heavy atom. The van der Waals surface area contributed by atoms with Crippen LogP contribution in [0.4, 0.5) is 0 Å². The number of carbonyl (C=O) groups excluding carboxylic acids is 1. The van der Waals surface area contributed by atoms with Crippen molar-refractivity contribution in [1.29, 1.82) is 0 Å². The summed E-state index contributed by atoms with van der Waals surface area (Å²) in [5.41, 5.74) is 2.24. The molecule has 0 saturated carbocycles. The quantitative estimate of drug-likeness (QED) is 0.720. The molecule has 0 heterocycles. The zero-order chi connectivity index (χ0) is 19.2. The maximum Gasteiger partial charge on any atom is 0.242 e. The van der Waals surface area contributed by atoms with Crippen LogP contribution in [0.3, 0.4) is 0 Å². The topological polar surface area (TPSA) is 75.3 Å². The first-order chi connectivity index (χ1) is 12.3. The molecule has 5 nitrogen and oxygen atoms in total. The molecule has 0 aliphatic rings. The largest absolute Gasteiger partial charge is 0.350 e. The van der Waals surface area contributed by atoms with E-state index in [-0.39, 0.29) is 34.8 Å². The van der Waals surface area contributed by atoms with Crippen LogP contribution in [0.1, 0.15) is 37.4 Å². The molecular weight excluding hydrogens is 372 g/mol. The smallest absolute Gasteiger partial charge is 0.242 e. The number of amides is 1. The van der Waals surface area contributed by atoms with Crippen LogP contribution in [0.25, 0.3) is 0 Å². The number of halogens is 1. The lowest BCUT2D eigenvalue weighted by Crippen LogP contribution is -2.32. The summed E-state index contributed by atoms with van der Waals surface area (Å²) in [4.78, 5) is 12.1. The van der Waals surface area contributed by atoms with Crippen LogP contribution >= 0.6 is 11.6 Å². The Morgan fingerprint density at radius 3 is 2.38 bits per heavy atom. The van der Waals surface area contributed by atoms with Crippen molar-refractivity contribution < 1.29 is 13.2 Å². The minimum absolute atomic E-state index is 0.000875. The molecule has 1 amide bonds. The van der Waals surface area contributed by atoms with Crippen LogP contribution in [0.5, 0.6) is 0 Å². The van der Waals surface area contributed by atoms with Crippen LogP contribution in [0.2, 0.25) is 5.02 Å². The van der Waals surface area contributed by atoms with Crippen molar-refractivity contribution in [3.63, 3.8) is 0 Å². The maximum absolute atomic E-state index is 12.2. The Bertz CT molecular complexity index is 851. The second-order valence-electron chi connectivity index (χ2n) is 5.96. The third-order valence-corrected chi connectivity index (χ3v) is 6.00. The highest BCUT2D eigenvalue weighted by atomic mass is 35.5. The van der Waals surface area contributed by atoms with E-state index in [9.17, 15) is 13.2 Å². The van der Waals surface area contributed by atoms with Crippen molar-refractivity contribution >= 4 is 27.5 Å². The summed E-state index contributed by atoms with van der Waals surface area (Å²) in [6, 6.07) is 14.1. The van der Waals surface area contributed by atoms with Gasteiger partial charge in [0.05, 0.1) is 11.1 Å². The molecular formula is C19H23ClN2O3S. The van der Waals surface area contributed by atoms with Crippen LogP contribution < -0.4 is 10.0 Å². The summed E-state index contributed by atoms with van der Waals surface area (Å²) in [5.74, 6) is -0.223. The van der Waals surface area contributed by atoms with E-state index in [1.165, 1.54) is 17.7 Å². The van der Waals surface area contributed by atoms with Crippen molar-refractivity contribution in [3.8, 4) is 0 Å². The van der Waals surface area contributed by atoms with Gasteiger partial charge in [-0.15, -0.1) is 0 Å². The summed E-state index contributed by atoms with van der Waals surface area (Å²) in [5, 5.41) is 3.02. The third-order valence-electron chi connectivity index (χ3n) is 4.04. The molecule has 0 radical (unpaired) electrons. The fraction of sp³-hybridized carbons (Fsp3) is 0.316. The van der Waals surface area contributed by atoms with Gasteiger partial charge in [0.25, 0.3) is 0 Å². The van der Waals surface area contributed by atoms with Crippen LogP contribution in [0, 0.1) is 0 Å². The predicted octanol–water partition coefficient (Wildman–Crippen LogP) is 3.45.